The largest absolute Gasteiger partial charge is 0.476 e. The average Bonchev–Trinajstić information content (AvgIpc) is 3.12. The third-order valence-electron chi connectivity index (χ3n) is 3.09. The van der Waals surface area contributed by atoms with Crippen LogP contribution < -0.4 is 5.32 Å². The number of aromatic carboxylic acids is 1. The molecule has 1 unspecified atom stereocenters. The Morgan fingerprint density at radius 1 is 1.52 bits per heavy atom. The number of carbonyl (C=O) groups is 2. The van der Waals surface area contributed by atoms with Crippen molar-refractivity contribution in [1.29, 1.82) is 0 Å². The zero-order chi connectivity index (χ0) is 15.4. The van der Waals surface area contributed by atoms with Gasteiger partial charge in [-0.05, 0) is 25.5 Å². The van der Waals surface area contributed by atoms with Gasteiger partial charge in [0.1, 0.15) is 11.8 Å². The van der Waals surface area contributed by atoms with Crippen molar-refractivity contribution in [1.82, 2.24) is 20.3 Å². The Morgan fingerprint density at radius 2 is 2.29 bits per heavy atom. The number of hydrogen-bond donors (Lipinski definition) is 2. The molecule has 2 heterocycles. The van der Waals surface area contributed by atoms with Crippen molar-refractivity contribution in [3.63, 3.8) is 0 Å². The molecule has 0 spiro atoms. The highest BCUT2D eigenvalue weighted by Gasteiger charge is 2.24. The molecular formula is C13H16N4O4. The van der Waals surface area contributed by atoms with E-state index >= 15 is 0 Å². The fourth-order valence-corrected chi connectivity index (χ4v) is 1.97. The number of hydrogen-bond acceptors (Lipinski definition) is 5. The maximum Gasteiger partial charge on any atom is 0.358 e. The summed E-state index contributed by atoms with van der Waals surface area (Å²) in [4.78, 5) is 23.1. The molecule has 21 heavy (non-hydrogen) atoms. The summed E-state index contributed by atoms with van der Waals surface area (Å²) in [5, 5.41) is 19.1. The van der Waals surface area contributed by atoms with Crippen LogP contribution in [-0.4, -0.2) is 32.0 Å². The van der Waals surface area contributed by atoms with Gasteiger partial charge in [-0.2, -0.15) is 0 Å². The van der Waals surface area contributed by atoms with Crippen LogP contribution >= 0.6 is 0 Å². The van der Waals surface area contributed by atoms with E-state index in [0.29, 0.717) is 17.9 Å². The number of carbonyl (C=O) groups excluding carboxylic acids is 1. The topological polar surface area (TPSA) is 110 Å². The van der Waals surface area contributed by atoms with Crippen LogP contribution in [0.3, 0.4) is 0 Å². The highest BCUT2D eigenvalue weighted by molar-refractivity contribution is 5.87. The second kappa shape index (κ2) is 6.21. The molecule has 0 fully saturated rings. The van der Waals surface area contributed by atoms with Crippen molar-refractivity contribution in [2.24, 2.45) is 0 Å². The SMILES string of the molecule is CCc1c(C(=O)O)nnn1C(C)C(=O)NCc1ccco1. The zero-order valence-electron chi connectivity index (χ0n) is 11.7. The number of rotatable bonds is 6. The van der Waals surface area contributed by atoms with Crippen molar-refractivity contribution >= 4 is 11.9 Å². The van der Waals surface area contributed by atoms with Crippen LogP contribution in [0.2, 0.25) is 0 Å². The summed E-state index contributed by atoms with van der Waals surface area (Å²) < 4.78 is 6.46. The first-order valence-electron chi connectivity index (χ1n) is 6.52. The average molecular weight is 292 g/mol. The lowest BCUT2D eigenvalue weighted by Gasteiger charge is -2.13. The van der Waals surface area contributed by atoms with Crippen LogP contribution in [0.25, 0.3) is 0 Å². The van der Waals surface area contributed by atoms with Crippen LogP contribution in [0.5, 0.6) is 0 Å². The van der Waals surface area contributed by atoms with Crippen molar-refractivity contribution in [2.45, 2.75) is 32.9 Å². The van der Waals surface area contributed by atoms with Gasteiger partial charge in [0.05, 0.1) is 18.5 Å². The lowest BCUT2D eigenvalue weighted by Crippen LogP contribution is -2.31. The van der Waals surface area contributed by atoms with E-state index in [-0.39, 0.29) is 18.1 Å². The summed E-state index contributed by atoms with van der Waals surface area (Å²) in [6.45, 7) is 3.68. The van der Waals surface area contributed by atoms with E-state index in [1.165, 1.54) is 10.9 Å². The fraction of sp³-hybridized carbons (Fsp3) is 0.385. The molecule has 8 heteroatoms. The van der Waals surface area contributed by atoms with Crippen LogP contribution in [0.15, 0.2) is 22.8 Å². The maximum absolute atomic E-state index is 12.1. The summed E-state index contributed by atoms with van der Waals surface area (Å²) in [6.07, 6.45) is 1.95. The van der Waals surface area contributed by atoms with Crippen molar-refractivity contribution in [2.75, 3.05) is 0 Å². The molecule has 2 rings (SSSR count). The molecule has 112 valence electrons. The zero-order valence-corrected chi connectivity index (χ0v) is 11.7. The molecule has 0 saturated carbocycles. The van der Waals surface area contributed by atoms with Gasteiger partial charge < -0.3 is 14.8 Å². The second-order valence-electron chi connectivity index (χ2n) is 4.46. The molecule has 2 aromatic heterocycles. The molecule has 0 aromatic carbocycles. The van der Waals surface area contributed by atoms with Gasteiger partial charge in [0.15, 0.2) is 5.69 Å². The van der Waals surface area contributed by atoms with Crippen molar-refractivity contribution in [3.05, 3.63) is 35.5 Å². The van der Waals surface area contributed by atoms with Crippen LogP contribution in [-0.2, 0) is 17.8 Å². The van der Waals surface area contributed by atoms with Crippen molar-refractivity contribution < 1.29 is 19.1 Å². The Bertz CT molecular complexity index is 633. The minimum absolute atomic E-state index is 0.122. The number of nitrogens with zero attached hydrogens (tertiary/aromatic N) is 3. The predicted octanol–water partition coefficient (Wildman–Crippen LogP) is 1.01. The molecule has 0 radical (unpaired) electrons. The number of amides is 1. The van der Waals surface area contributed by atoms with Gasteiger partial charge in [0.2, 0.25) is 5.91 Å². The van der Waals surface area contributed by atoms with E-state index in [1.54, 1.807) is 26.0 Å². The van der Waals surface area contributed by atoms with Gasteiger partial charge in [-0.1, -0.05) is 12.1 Å². The quantitative estimate of drug-likeness (QED) is 0.822. The first-order valence-corrected chi connectivity index (χ1v) is 6.52. The molecule has 0 saturated heterocycles. The first kappa shape index (κ1) is 14.8. The Morgan fingerprint density at radius 3 is 2.86 bits per heavy atom. The molecule has 8 nitrogen and oxygen atoms in total. The Balaban J connectivity index is 2.10. The number of furan rings is 1. The summed E-state index contributed by atoms with van der Waals surface area (Å²) in [7, 11) is 0. The molecule has 2 aromatic rings. The third kappa shape index (κ3) is 3.10. The minimum Gasteiger partial charge on any atom is -0.476 e. The molecule has 1 atom stereocenters. The van der Waals surface area contributed by atoms with E-state index in [4.69, 9.17) is 9.52 Å². The number of nitrogens with one attached hydrogen (secondary N) is 1. The number of carboxylic acid groups (broad SMARTS) is 1. The normalized spacial score (nSPS) is 12.1. The molecule has 1 amide bonds. The smallest absolute Gasteiger partial charge is 0.358 e. The Labute approximate surface area is 120 Å². The highest BCUT2D eigenvalue weighted by atomic mass is 16.4. The lowest BCUT2D eigenvalue weighted by molar-refractivity contribution is -0.124. The lowest BCUT2D eigenvalue weighted by atomic mass is 10.2. The molecule has 0 aliphatic carbocycles. The highest BCUT2D eigenvalue weighted by Crippen LogP contribution is 2.13. The minimum atomic E-state index is -1.15. The predicted molar refractivity (Wildman–Crippen MR) is 71.6 cm³/mol. The standard InChI is InChI=1S/C13H16N4O4/c1-3-10-11(13(19)20)15-16-17(10)8(2)12(18)14-7-9-5-4-6-21-9/h4-6,8H,3,7H2,1-2H3,(H,14,18)(H,19,20). The van der Waals surface area contributed by atoms with Gasteiger partial charge >= 0.3 is 5.97 Å². The van der Waals surface area contributed by atoms with E-state index in [9.17, 15) is 9.59 Å². The first-order chi connectivity index (χ1) is 10.0. The van der Waals surface area contributed by atoms with Gasteiger partial charge in [-0.3, -0.25) is 4.79 Å². The van der Waals surface area contributed by atoms with Crippen LogP contribution in [0, 0.1) is 0 Å². The second-order valence-corrected chi connectivity index (χ2v) is 4.46. The summed E-state index contributed by atoms with van der Waals surface area (Å²) >= 11 is 0. The van der Waals surface area contributed by atoms with E-state index in [0.717, 1.165) is 0 Å². The third-order valence-corrected chi connectivity index (χ3v) is 3.09. The van der Waals surface area contributed by atoms with Gasteiger partial charge in [-0.15, -0.1) is 5.10 Å². The van der Waals surface area contributed by atoms with Crippen LogP contribution in [0.1, 0.15) is 41.8 Å². The molecule has 2 N–H and O–H groups in total. The molecule has 0 aliphatic heterocycles. The molecular weight excluding hydrogens is 276 g/mol. The number of aromatic nitrogens is 3. The summed E-state index contributed by atoms with van der Waals surface area (Å²) in [6, 6.07) is 2.83. The Kier molecular flexibility index (Phi) is 4.36. The fourth-order valence-electron chi connectivity index (χ4n) is 1.97. The van der Waals surface area contributed by atoms with Gasteiger partial charge in [0, 0.05) is 0 Å². The number of carboxylic acids is 1. The molecule has 0 bridgehead atoms. The maximum atomic E-state index is 12.1. The van der Waals surface area contributed by atoms with Crippen LogP contribution in [0.4, 0.5) is 0 Å². The Hall–Kier alpha value is -2.64. The molecule has 0 aliphatic rings. The van der Waals surface area contributed by atoms with E-state index in [1.807, 2.05) is 0 Å². The van der Waals surface area contributed by atoms with Gasteiger partial charge in [-0.25, -0.2) is 9.48 Å². The van der Waals surface area contributed by atoms with Gasteiger partial charge in [0.25, 0.3) is 0 Å². The van der Waals surface area contributed by atoms with Crippen molar-refractivity contribution in [3.8, 4) is 0 Å². The monoisotopic (exact) mass is 292 g/mol. The van der Waals surface area contributed by atoms with E-state index in [2.05, 4.69) is 15.6 Å². The summed E-state index contributed by atoms with van der Waals surface area (Å²) in [5.41, 5.74) is 0.298. The summed E-state index contributed by atoms with van der Waals surface area (Å²) in [5.74, 6) is -0.805. The van der Waals surface area contributed by atoms with E-state index < -0.39 is 12.0 Å².